The Morgan fingerprint density at radius 3 is 1.36 bits per heavy atom. The van der Waals surface area contributed by atoms with Crippen LogP contribution in [0.15, 0.2) is 36.4 Å². The Morgan fingerprint density at radius 1 is 0.641 bits per heavy atom. The molecular weight excluding hydrogens is 504 g/mol. The Kier molecular flexibility index (Phi) is 5.64. The topological polar surface area (TPSA) is 112 Å². The Balaban J connectivity index is 1.18. The summed E-state index contributed by atoms with van der Waals surface area (Å²) >= 11 is 0. The minimum Gasteiger partial charge on any atom is -0.444 e. The van der Waals surface area contributed by atoms with Gasteiger partial charge in [0.1, 0.15) is 0 Å². The van der Waals surface area contributed by atoms with Gasteiger partial charge < -0.3 is 28.7 Å². The van der Waals surface area contributed by atoms with E-state index in [1.807, 2.05) is 9.80 Å². The molecule has 4 aliphatic rings. The van der Waals surface area contributed by atoms with Gasteiger partial charge in [-0.2, -0.15) is 0 Å². The second kappa shape index (κ2) is 8.72. The van der Waals surface area contributed by atoms with E-state index in [2.05, 4.69) is 13.8 Å². The third-order valence-corrected chi connectivity index (χ3v) is 7.70. The maximum absolute atomic E-state index is 13.6. The molecule has 2 amide bonds. The molecule has 0 N–H and O–H groups in total. The van der Waals surface area contributed by atoms with Crippen molar-refractivity contribution in [2.24, 2.45) is 10.8 Å². The first-order valence-electron chi connectivity index (χ1n) is 13.0. The predicted molar refractivity (Wildman–Crippen MR) is 137 cm³/mol. The molecule has 204 valence electrons. The molecule has 2 fully saturated rings. The molecule has 0 saturated carbocycles. The predicted octanol–water partition coefficient (Wildman–Crippen LogP) is 3.07. The normalized spacial score (nSPS) is 28.3. The second-order valence-corrected chi connectivity index (χ2v) is 11.8. The number of rotatable bonds is 4. The standard InChI is InChI=1S/C29H30N2O8/c1-16(32)26-36-20-7-5-18(9-22(20)38-26)24(34)30-12-28(3)11-29(4,13-30)15-31(14-28)25(35)19-6-8-21-23(10-19)39-27(37-21)17(2)33/h5-10,26-27H,11-15H2,1-4H3. The molecule has 4 heterocycles. The molecule has 2 saturated heterocycles. The SMILES string of the molecule is CC(=O)C1Oc2ccc(C(=O)N3CC4(C)CN(C(=O)c5ccc6c(c5)OC(C(C)=O)O6)CC(C)(C3)C4)cc2O1. The van der Waals surface area contributed by atoms with Gasteiger partial charge in [-0.25, -0.2) is 0 Å². The van der Waals surface area contributed by atoms with Crippen molar-refractivity contribution in [1.29, 1.82) is 0 Å². The summed E-state index contributed by atoms with van der Waals surface area (Å²) in [5.74, 6) is 0.900. The van der Waals surface area contributed by atoms with Crippen LogP contribution in [0.5, 0.6) is 23.0 Å². The first-order valence-corrected chi connectivity index (χ1v) is 13.0. The number of piperidine rings is 2. The Hall–Kier alpha value is -4.08. The van der Waals surface area contributed by atoms with E-state index in [0.29, 0.717) is 60.3 Å². The first kappa shape index (κ1) is 25.2. The number of fused-ring (bicyclic) bond motifs is 4. The molecule has 4 aliphatic heterocycles. The highest BCUT2D eigenvalue weighted by atomic mass is 16.7. The summed E-state index contributed by atoms with van der Waals surface area (Å²) in [5, 5.41) is 0. The lowest BCUT2D eigenvalue weighted by Crippen LogP contribution is -2.63. The Bertz CT molecular complexity index is 1300. The minimum absolute atomic E-state index is 0.125. The van der Waals surface area contributed by atoms with Crippen molar-refractivity contribution in [2.45, 2.75) is 46.7 Å². The van der Waals surface area contributed by atoms with E-state index < -0.39 is 12.6 Å². The molecule has 6 rings (SSSR count). The summed E-state index contributed by atoms with van der Waals surface area (Å²) in [7, 11) is 0. The molecule has 2 bridgehead atoms. The van der Waals surface area contributed by atoms with Crippen molar-refractivity contribution in [3.05, 3.63) is 47.5 Å². The van der Waals surface area contributed by atoms with Crippen LogP contribution in [-0.2, 0) is 9.59 Å². The lowest BCUT2D eigenvalue weighted by molar-refractivity contribution is -0.132. The largest absolute Gasteiger partial charge is 0.444 e. The summed E-state index contributed by atoms with van der Waals surface area (Å²) < 4.78 is 22.1. The number of hydrogen-bond acceptors (Lipinski definition) is 8. The average molecular weight is 535 g/mol. The number of carbonyl (C=O) groups excluding carboxylic acids is 4. The third kappa shape index (κ3) is 4.47. The average Bonchev–Trinajstić information content (AvgIpc) is 3.50. The molecule has 10 nitrogen and oxygen atoms in total. The van der Waals surface area contributed by atoms with Crippen molar-refractivity contribution in [3.8, 4) is 23.0 Å². The van der Waals surface area contributed by atoms with Crippen LogP contribution in [0.3, 0.4) is 0 Å². The number of ether oxygens (including phenoxy) is 4. The zero-order valence-corrected chi connectivity index (χ0v) is 22.3. The summed E-state index contributed by atoms with van der Waals surface area (Å²) in [6, 6.07) is 9.94. The van der Waals surface area contributed by atoms with E-state index in [1.54, 1.807) is 36.4 Å². The minimum atomic E-state index is -0.985. The quantitative estimate of drug-likeness (QED) is 0.589. The van der Waals surface area contributed by atoms with Crippen LogP contribution in [0.4, 0.5) is 0 Å². The molecule has 39 heavy (non-hydrogen) atoms. The van der Waals surface area contributed by atoms with Crippen molar-refractivity contribution < 1.29 is 38.1 Å². The van der Waals surface area contributed by atoms with E-state index in [-0.39, 0.29) is 34.2 Å². The monoisotopic (exact) mass is 534 g/mol. The van der Waals surface area contributed by atoms with Crippen LogP contribution >= 0.6 is 0 Å². The number of amides is 2. The van der Waals surface area contributed by atoms with E-state index in [1.165, 1.54) is 13.8 Å². The zero-order valence-electron chi connectivity index (χ0n) is 22.3. The van der Waals surface area contributed by atoms with Crippen LogP contribution < -0.4 is 18.9 Å². The van der Waals surface area contributed by atoms with Gasteiger partial charge in [0.25, 0.3) is 11.8 Å². The van der Waals surface area contributed by atoms with Gasteiger partial charge in [0.15, 0.2) is 23.0 Å². The van der Waals surface area contributed by atoms with Gasteiger partial charge in [-0.1, -0.05) is 13.8 Å². The first-order chi connectivity index (χ1) is 18.4. The van der Waals surface area contributed by atoms with Gasteiger partial charge in [0.2, 0.25) is 11.6 Å². The highest BCUT2D eigenvalue weighted by Gasteiger charge is 2.50. The molecule has 0 radical (unpaired) electrons. The highest BCUT2D eigenvalue weighted by molar-refractivity contribution is 5.96. The van der Waals surface area contributed by atoms with Crippen molar-refractivity contribution >= 4 is 23.4 Å². The summed E-state index contributed by atoms with van der Waals surface area (Å²) in [6.07, 6.45) is -1.08. The molecule has 10 heteroatoms. The summed E-state index contributed by atoms with van der Waals surface area (Å²) in [6.45, 7) is 8.99. The molecular formula is C29H30N2O8. The van der Waals surface area contributed by atoms with Gasteiger partial charge in [0, 0.05) is 62.0 Å². The number of benzene rings is 2. The van der Waals surface area contributed by atoms with Gasteiger partial charge in [-0.05, 0) is 42.8 Å². The number of likely N-dealkylation sites (tertiary alicyclic amines) is 2. The van der Waals surface area contributed by atoms with Gasteiger partial charge in [-0.15, -0.1) is 0 Å². The molecule has 2 aromatic rings. The van der Waals surface area contributed by atoms with Crippen LogP contribution in [0, 0.1) is 10.8 Å². The number of hydrogen-bond donors (Lipinski definition) is 0. The maximum atomic E-state index is 13.6. The van der Waals surface area contributed by atoms with E-state index in [0.717, 1.165) is 6.42 Å². The van der Waals surface area contributed by atoms with Gasteiger partial charge in [-0.3, -0.25) is 19.2 Å². The molecule has 2 unspecified atom stereocenters. The molecule has 2 atom stereocenters. The number of Topliss-reactive ketones (excluding diaryl/α,β-unsaturated/α-hetero) is 2. The van der Waals surface area contributed by atoms with E-state index >= 15 is 0 Å². The van der Waals surface area contributed by atoms with Gasteiger partial charge in [0.05, 0.1) is 0 Å². The fourth-order valence-corrected chi connectivity index (χ4v) is 6.46. The fourth-order valence-electron chi connectivity index (χ4n) is 6.46. The third-order valence-electron chi connectivity index (χ3n) is 7.70. The highest BCUT2D eigenvalue weighted by Crippen LogP contribution is 2.47. The van der Waals surface area contributed by atoms with Crippen molar-refractivity contribution in [3.63, 3.8) is 0 Å². The van der Waals surface area contributed by atoms with Crippen LogP contribution in [0.2, 0.25) is 0 Å². The molecule has 0 aromatic heterocycles. The number of nitrogens with zero attached hydrogens (tertiary/aromatic N) is 2. The van der Waals surface area contributed by atoms with Crippen molar-refractivity contribution in [2.75, 3.05) is 26.2 Å². The summed E-state index contributed by atoms with van der Waals surface area (Å²) in [4.78, 5) is 54.2. The van der Waals surface area contributed by atoms with Crippen molar-refractivity contribution in [1.82, 2.24) is 9.80 Å². The molecule has 0 aliphatic carbocycles. The zero-order chi connectivity index (χ0) is 27.7. The fraction of sp³-hybridized carbons (Fsp3) is 0.448. The van der Waals surface area contributed by atoms with E-state index in [9.17, 15) is 19.2 Å². The second-order valence-electron chi connectivity index (χ2n) is 11.8. The number of carbonyl (C=O) groups is 4. The van der Waals surface area contributed by atoms with Crippen LogP contribution in [0.25, 0.3) is 0 Å². The summed E-state index contributed by atoms with van der Waals surface area (Å²) in [5.41, 5.74) is 0.322. The van der Waals surface area contributed by atoms with E-state index in [4.69, 9.17) is 18.9 Å². The molecule has 2 aromatic carbocycles. The Labute approximate surface area is 225 Å². The van der Waals surface area contributed by atoms with Gasteiger partial charge >= 0.3 is 12.6 Å². The Morgan fingerprint density at radius 2 is 1.00 bits per heavy atom. The van der Waals surface area contributed by atoms with Crippen LogP contribution in [-0.4, -0.2) is 71.9 Å². The number of ketones is 2. The lowest BCUT2D eigenvalue weighted by atomic mass is 9.65. The molecule has 0 spiro atoms. The lowest BCUT2D eigenvalue weighted by Gasteiger charge is -2.56. The van der Waals surface area contributed by atoms with Crippen LogP contribution in [0.1, 0.15) is 54.8 Å². The maximum Gasteiger partial charge on any atom is 0.300 e. The smallest absolute Gasteiger partial charge is 0.300 e.